The lowest BCUT2D eigenvalue weighted by atomic mass is 10.1. The Hall–Kier alpha value is -2.95. The van der Waals surface area contributed by atoms with Crippen molar-refractivity contribution in [1.82, 2.24) is 0 Å². The molecule has 0 fully saturated rings. The molecule has 1 N–H and O–H groups in total. The van der Waals surface area contributed by atoms with Crippen LogP contribution >= 0.6 is 0 Å². The van der Waals surface area contributed by atoms with E-state index in [1.54, 1.807) is 39.5 Å². The van der Waals surface area contributed by atoms with Gasteiger partial charge in [-0.2, -0.15) is 0 Å². The number of hydrogen-bond donors (Lipinski definition) is 1. The Kier molecular flexibility index (Phi) is 5.84. The molecule has 2 rings (SSSR count). The van der Waals surface area contributed by atoms with Crippen LogP contribution in [0.3, 0.4) is 0 Å². The molecule has 0 unspecified atom stereocenters. The van der Waals surface area contributed by atoms with Gasteiger partial charge >= 0.3 is 0 Å². The number of carbonyl (C=O) groups is 1. The zero-order valence-electron chi connectivity index (χ0n) is 14.3. The molecule has 2 aromatic carbocycles. The fourth-order valence-electron chi connectivity index (χ4n) is 2.26. The lowest BCUT2D eigenvalue weighted by Gasteiger charge is -2.12. The Balaban J connectivity index is 2.19. The van der Waals surface area contributed by atoms with Gasteiger partial charge in [-0.15, -0.1) is 0 Å². The number of hydrogen-bond acceptors (Lipinski definition) is 4. The SMILES string of the molecule is COc1cc(C=CC(=O)Nc2ccccc2C)cc(OC)c1OC. The summed E-state index contributed by atoms with van der Waals surface area (Å²) in [6.45, 7) is 1.94. The highest BCUT2D eigenvalue weighted by Crippen LogP contribution is 2.38. The van der Waals surface area contributed by atoms with Gasteiger partial charge in [0.2, 0.25) is 11.7 Å². The molecular formula is C19H21NO4. The van der Waals surface area contributed by atoms with E-state index in [-0.39, 0.29) is 5.91 Å². The van der Waals surface area contributed by atoms with E-state index in [2.05, 4.69) is 5.32 Å². The van der Waals surface area contributed by atoms with Gasteiger partial charge in [0, 0.05) is 11.8 Å². The third-order valence-electron chi connectivity index (χ3n) is 3.52. The van der Waals surface area contributed by atoms with Gasteiger partial charge in [0.05, 0.1) is 21.3 Å². The van der Waals surface area contributed by atoms with E-state index in [4.69, 9.17) is 14.2 Å². The summed E-state index contributed by atoms with van der Waals surface area (Å²) in [4.78, 5) is 12.1. The second-order valence-electron chi connectivity index (χ2n) is 5.10. The summed E-state index contributed by atoms with van der Waals surface area (Å²) < 4.78 is 15.9. The number of ether oxygens (including phenoxy) is 3. The van der Waals surface area contributed by atoms with Gasteiger partial charge in [0.15, 0.2) is 11.5 Å². The van der Waals surface area contributed by atoms with Crippen molar-refractivity contribution in [2.45, 2.75) is 6.92 Å². The molecule has 2 aromatic rings. The van der Waals surface area contributed by atoms with Gasteiger partial charge < -0.3 is 19.5 Å². The molecule has 0 aromatic heterocycles. The van der Waals surface area contributed by atoms with Crippen LogP contribution in [0.2, 0.25) is 0 Å². The van der Waals surface area contributed by atoms with E-state index in [1.807, 2.05) is 31.2 Å². The van der Waals surface area contributed by atoms with Gasteiger partial charge in [-0.1, -0.05) is 18.2 Å². The van der Waals surface area contributed by atoms with Gasteiger partial charge in [0.1, 0.15) is 0 Å². The zero-order valence-corrected chi connectivity index (χ0v) is 14.3. The molecule has 0 radical (unpaired) electrons. The summed E-state index contributed by atoms with van der Waals surface area (Å²) in [5.41, 5.74) is 2.56. The number of benzene rings is 2. The Labute approximate surface area is 141 Å². The van der Waals surface area contributed by atoms with Crippen LogP contribution in [-0.2, 0) is 4.79 Å². The maximum atomic E-state index is 12.1. The highest BCUT2D eigenvalue weighted by molar-refractivity contribution is 6.02. The van der Waals surface area contributed by atoms with Crippen LogP contribution in [0.1, 0.15) is 11.1 Å². The summed E-state index contributed by atoms with van der Waals surface area (Å²) in [7, 11) is 4.65. The van der Waals surface area contributed by atoms with E-state index in [0.717, 1.165) is 16.8 Å². The first-order valence-electron chi connectivity index (χ1n) is 7.43. The second kappa shape index (κ2) is 8.06. The minimum Gasteiger partial charge on any atom is -0.493 e. The molecule has 5 nitrogen and oxygen atoms in total. The van der Waals surface area contributed by atoms with Crippen LogP contribution in [0.25, 0.3) is 6.08 Å². The number of anilines is 1. The van der Waals surface area contributed by atoms with Crippen molar-refractivity contribution >= 4 is 17.7 Å². The molecule has 126 valence electrons. The van der Waals surface area contributed by atoms with Gasteiger partial charge in [-0.3, -0.25) is 4.79 Å². The monoisotopic (exact) mass is 327 g/mol. The Morgan fingerprint density at radius 2 is 1.62 bits per heavy atom. The predicted molar refractivity (Wildman–Crippen MR) is 94.9 cm³/mol. The minimum atomic E-state index is -0.210. The standard InChI is InChI=1S/C19H21NO4/c1-13-7-5-6-8-15(13)20-18(21)10-9-14-11-16(22-2)19(24-4)17(12-14)23-3/h5-12H,1-4H3,(H,20,21). The van der Waals surface area contributed by atoms with E-state index in [0.29, 0.717) is 17.2 Å². The number of para-hydroxylation sites is 1. The van der Waals surface area contributed by atoms with Crippen LogP contribution in [0.5, 0.6) is 17.2 Å². The van der Waals surface area contributed by atoms with Gasteiger partial charge in [-0.25, -0.2) is 0 Å². The average molecular weight is 327 g/mol. The lowest BCUT2D eigenvalue weighted by Crippen LogP contribution is -2.08. The van der Waals surface area contributed by atoms with Crippen LogP contribution < -0.4 is 19.5 Å². The summed E-state index contributed by atoms with van der Waals surface area (Å²) in [6.07, 6.45) is 3.16. The Morgan fingerprint density at radius 1 is 1.00 bits per heavy atom. The van der Waals surface area contributed by atoms with Gasteiger partial charge in [0.25, 0.3) is 0 Å². The molecule has 0 spiro atoms. The van der Waals surface area contributed by atoms with Crippen molar-refractivity contribution < 1.29 is 19.0 Å². The molecule has 0 atom stereocenters. The van der Waals surface area contributed by atoms with Crippen molar-refractivity contribution in [3.63, 3.8) is 0 Å². The van der Waals surface area contributed by atoms with E-state index < -0.39 is 0 Å². The maximum absolute atomic E-state index is 12.1. The molecule has 0 aliphatic heterocycles. The van der Waals surface area contributed by atoms with Crippen molar-refractivity contribution in [2.24, 2.45) is 0 Å². The topological polar surface area (TPSA) is 56.8 Å². The molecule has 24 heavy (non-hydrogen) atoms. The first-order chi connectivity index (χ1) is 11.6. The molecular weight excluding hydrogens is 306 g/mol. The van der Waals surface area contributed by atoms with Crippen molar-refractivity contribution in [3.8, 4) is 17.2 Å². The number of aryl methyl sites for hydroxylation is 1. The van der Waals surface area contributed by atoms with Crippen LogP contribution in [-0.4, -0.2) is 27.2 Å². The number of rotatable bonds is 6. The third-order valence-corrected chi connectivity index (χ3v) is 3.52. The van der Waals surface area contributed by atoms with Crippen molar-refractivity contribution in [3.05, 3.63) is 53.6 Å². The summed E-state index contributed by atoms with van der Waals surface area (Å²) in [5, 5.41) is 2.85. The van der Waals surface area contributed by atoms with Crippen molar-refractivity contribution in [2.75, 3.05) is 26.6 Å². The molecule has 0 saturated heterocycles. The first kappa shape index (κ1) is 17.4. The maximum Gasteiger partial charge on any atom is 0.248 e. The smallest absolute Gasteiger partial charge is 0.248 e. The normalized spacial score (nSPS) is 10.5. The van der Waals surface area contributed by atoms with E-state index in [1.165, 1.54) is 6.08 Å². The van der Waals surface area contributed by atoms with Gasteiger partial charge in [-0.05, 0) is 42.3 Å². The Bertz CT molecular complexity index is 728. The second-order valence-corrected chi connectivity index (χ2v) is 5.10. The number of carbonyl (C=O) groups excluding carboxylic acids is 1. The number of nitrogens with one attached hydrogen (secondary N) is 1. The minimum absolute atomic E-state index is 0.210. The average Bonchev–Trinajstić information content (AvgIpc) is 2.60. The quantitative estimate of drug-likeness (QED) is 0.823. The molecule has 1 amide bonds. The van der Waals surface area contributed by atoms with E-state index >= 15 is 0 Å². The van der Waals surface area contributed by atoms with Crippen LogP contribution in [0.4, 0.5) is 5.69 Å². The van der Waals surface area contributed by atoms with Crippen LogP contribution in [0.15, 0.2) is 42.5 Å². The number of methoxy groups -OCH3 is 3. The zero-order chi connectivity index (χ0) is 17.5. The molecule has 5 heteroatoms. The highest BCUT2D eigenvalue weighted by Gasteiger charge is 2.12. The lowest BCUT2D eigenvalue weighted by molar-refractivity contribution is -0.111. The Morgan fingerprint density at radius 3 is 2.17 bits per heavy atom. The molecule has 0 bridgehead atoms. The molecule has 0 heterocycles. The molecule has 0 saturated carbocycles. The summed E-state index contributed by atoms with van der Waals surface area (Å²) in [5.74, 6) is 1.38. The van der Waals surface area contributed by atoms with Crippen molar-refractivity contribution in [1.29, 1.82) is 0 Å². The highest BCUT2D eigenvalue weighted by atomic mass is 16.5. The summed E-state index contributed by atoms with van der Waals surface area (Å²) in [6, 6.07) is 11.2. The fourth-order valence-corrected chi connectivity index (χ4v) is 2.26. The predicted octanol–water partition coefficient (Wildman–Crippen LogP) is 3.67. The summed E-state index contributed by atoms with van der Waals surface area (Å²) >= 11 is 0. The number of amides is 1. The van der Waals surface area contributed by atoms with Crippen LogP contribution in [0, 0.1) is 6.92 Å². The fraction of sp³-hybridized carbons (Fsp3) is 0.211. The molecule has 0 aliphatic carbocycles. The third kappa shape index (κ3) is 4.07. The largest absolute Gasteiger partial charge is 0.493 e. The molecule has 0 aliphatic rings. The van der Waals surface area contributed by atoms with E-state index in [9.17, 15) is 4.79 Å². The first-order valence-corrected chi connectivity index (χ1v) is 7.43.